The van der Waals surface area contributed by atoms with Crippen LogP contribution in [0.3, 0.4) is 0 Å². The van der Waals surface area contributed by atoms with Crippen LogP contribution in [0.2, 0.25) is 0 Å². The summed E-state index contributed by atoms with van der Waals surface area (Å²) in [5.74, 6) is 0.624. The number of carbonyl (C=O) groups excluding carboxylic acids is 1. The third kappa shape index (κ3) is 3.67. The molecule has 21 heavy (non-hydrogen) atoms. The third-order valence-electron chi connectivity index (χ3n) is 3.82. The van der Waals surface area contributed by atoms with Crippen LogP contribution in [0.15, 0.2) is 24.3 Å². The molecular weight excluding hydrogens is 268 g/mol. The topological polar surface area (TPSA) is 50.8 Å². The van der Waals surface area contributed by atoms with Gasteiger partial charge in [0, 0.05) is 12.2 Å². The van der Waals surface area contributed by atoms with Crippen molar-refractivity contribution in [3.63, 3.8) is 0 Å². The van der Waals surface area contributed by atoms with E-state index in [1.54, 1.807) is 7.11 Å². The van der Waals surface area contributed by atoms with Crippen molar-refractivity contribution in [2.24, 2.45) is 0 Å². The van der Waals surface area contributed by atoms with Crippen molar-refractivity contribution in [1.82, 2.24) is 4.90 Å². The minimum Gasteiger partial charge on any atom is -0.497 e. The molecule has 1 N–H and O–H groups in total. The van der Waals surface area contributed by atoms with E-state index in [4.69, 9.17) is 9.47 Å². The first kappa shape index (κ1) is 15.6. The average Bonchev–Trinajstić information content (AvgIpc) is 2.48. The molecule has 0 spiro atoms. The fraction of sp³-hybridized carbons (Fsp3) is 0.562. The first-order valence-electron chi connectivity index (χ1n) is 7.37. The monoisotopic (exact) mass is 292 g/mol. The maximum atomic E-state index is 12.5. The molecule has 5 nitrogen and oxygen atoms in total. The number of carbonyl (C=O) groups is 1. The molecule has 1 unspecified atom stereocenters. The van der Waals surface area contributed by atoms with E-state index >= 15 is 0 Å². The zero-order valence-corrected chi connectivity index (χ0v) is 13.0. The van der Waals surface area contributed by atoms with Crippen molar-refractivity contribution in [2.75, 3.05) is 39.2 Å². The highest BCUT2D eigenvalue weighted by atomic mass is 16.5. The SMILES string of the molecule is CCOC(=O)C1(Nc2ccc(OC)cc2)CCCN(C)C1. The van der Waals surface area contributed by atoms with Gasteiger partial charge in [0.1, 0.15) is 11.3 Å². The van der Waals surface area contributed by atoms with Gasteiger partial charge in [-0.05, 0) is 57.6 Å². The van der Waals surface area contributed by atoms with Crippen molar-refractivity contribution in [3.8, 4) is 5.75 Å². The van der Waals surface area contributed by atoms with Gasteiger partial charge in [0.05, 0.1) is 13.7 Å². The van der Waals surface area contributed by atoms with E-state index in [0.717, 1.165) is 30.8 Å². The van der Waals surface area contributed by atoms with Crippen LogP contribution < -0.4 is 10.1 Å². The molecule has 1 aliphatic rings. The summed E-state index contributed by atoms with van der Waals surface area (Å²) in [6, 6.07) is 7.62. The Bertz CT molecular complexity index is 475. The van der Waals surface area contributed by atoms with Gasteiger partial charge < -0.3 is 19.7 Å². The highest BCUT2D eigenvalue weighted by Crippen LogP contribution is 2.28. The van der Waals surface area contributed by atoms with E-state index < -0.39 is 5.54 Å². The Morgan fingerprint density at radius 1 is 1.38 bits per heavy atom. The summed E-state index contributed by atoms with van der Waals surface area (Å²) in [7, 11) is 3.67. The van der Waals surface area contributed by atoms with Crippen molar-refractivity contribution < 1.29 is 14.3 Å². The Labute approximate surface area is 126 Å². The predicted molar refractivity (Wildman–Crippen MR) is 82.7 cm³/mol. The highest BCUT2D eigenvalue weighted by Gasteiger charge is 2.42. The molecule has 0 saturated carbocycles. The molecule has 1 aliphatic heterocycles. The molecule has 1 atom stereocenters. The maximum absolute atomic E-state index is 12.5. The number of likely N-dealkylation sites (N-methyl/N-ethyl adjacent to an activating group) is 1. The number of hydrogen-bond donors (Lipinski definition) is 1. The summed E-state index contributed by atoms with van der Waals surface area (Å²) in [6.07, 6.45) is 1.75. The molecule has 0 amide bonds. The minimum atomic E-state index is -0.669. The molecule has 0 bridgehead atoms. The molecule has 1 fully saturated rings. The summed E-state index contributed by atoms with van der Waals surface area (Å²) in [4.78, 5) is 14.6. The number of hydrogen-bond acceptors (Lipinski definition) is 5. The smallest absolute Gasteiger partial charge is 0.333 e. The van der Waals surface area contributed by atoms with E-state index in [1.165, 1.54) is 0 Å². The standard InChI is InChI=1S/C16H24N2O3/c1-4-21-15(19)16(10-5-11-18(2)12-16)17-13-6-8-14(20-3)9-7-13/h6-9,17H,4-5,10-12H2,1-3H3. The first-order chi connectivity index (χ1) is 10.1. The minimum absolute atomic E-state index is 0.174. The molecule has 1 aromatic carbocycles. The van der Waals surface area contributed by atoms with E-state index in [-0.39, 0.29) is 5.97 Å². The van der Waals surface area contributed by atoms with E-state index in [0.29, 0.717) is 13.2 Å². The Morgan fingerprint density at radius 3 is 2.67 bits per heavy atom. The number of ether oxygens (including phenoxy) is 2. The second-order valence-corrected chi connectivity index (χ2v) is 5.50. The molecule has 0 aromatic heterocycles. The molecule has 0 aliphatic carbocycles. The van der Waals surface area contributed by atoms with Crippen LogP contribution in [-0.4, -0.2) is 50.3 Å². The molecule has 1 saturated heterocycles. The van der Waals surface area contributed by atoms with Gasteiger partial charge in [0.25, 0.3) is 0 Å². The summed E-state index contributed by atoms with van der Waals surface area (Å²) in [5.41, 5.74) is 0.233. The number of rotatable bonds is 5. The zero-order valence-electron chi connectivity index (χ0n) is 13.0. The second kappa shape index (κ2) is 6.80. The fourth-order valence-corrected chi connectivity index (χ4v) is 2.81. The van der Waals surface area contributed by atoms with Crippen LogP contribution in [0.25, 0.3) is 0 Å². The van der Waals surface area contributed by atoms with Crippen molar-refractivity contribution >= 4 is 11.7 Å². The lowest BCUT2D eigenvalue weighted by Crippen LogP contribution is -2.57. The molecular formula is C16H24N2O3. The van der Waals surface area contributed by atoms with Gasteiger partial charge in [0.15, 0.2) is 0 Å². The number of anilines is 1. The maximum Gasteiger partial charge on any atom is 0.333 e. The number of nitrogens with zero attached hydrogens (tertiary/aromatic N) is 1. The number of piperidine rings is 1. The summed E-state index contributed by atoms with van der Waals surface area (Å²) < 4.78 is 10.5. The van der Waals surface area contributed by atoms with Crippen LogP contribution in [0.5, 0.6) is 5.75 Å². The van der Waals surface area contributed by atoms with Gasteiger partial charge in [-0.2, -0.15) is 0 Å². The van der Waals surface area contributed by atoms with Gasteiger partial charge in [-0.3, -0.25) is 0 Å². The Hall–Kier alpha value is -1.75. The number of likely N-dealkylation sites (tertiary alicyclic amines) is 1. The van der Waals surface area contributed by atoms with Crippen LogP contribution >= 0.6 is 0 Å². The van der Waals surface area contributed by atoms with Gasteiger partial charge in [0.2, 0.25) is 0 Å². The lowest BCUT2D eigenvalue weighted by atomic mass is 9.88. The molecule has 1 heterocycles. The Balaban J connectivity index is 2.20. The third-order valence-corrected chi connectivity index (χ3v) is 3.82. The van der Waals surface area contributed by atoms with Gasteiger partial charge in [-0.15, -0.1) is 0 Å². The molecule has 5 heteroatoms. The molecule has 2 rings (SSSR count). The van der Waals surface area contributed by atoms with Crippen LogP contribution in [0.1, 0.15) is 19.8 Å². The van der Waals surface area contributed by atoms with E-state index in [1.807, 2.05) is 38.2 Å². The molecule has 0 radical (unpaired) electrons. The van der Waals surface area contributed by atoms with Crippen LogP contribution in [0.4, 0.5) is 5.69 Å². The number of nitrogens with one attached hydrogen (secondary N) is 1. The summed E-state index contributed by atoms with van der Waals surface area (Å²) in [6.45, 7) is 3.89. The predicted octanol–water partition coefficient (Wildman–Crippen LogP) is 2.13. The van der Waals surface area contributed by atoms with Crippen molar-refractivity contribution in [2.45, 2.75) is 25.3 Å². The van der Waals surface area contributed by atoms with E-state index in [2.05, 4.69) is 10.2 Å². The van der Waals surface area contributed by atoms with Crippen molar-refractivity contribution in [1.29, 1.82) is 0 Å². The number of methoxy groups -OCH3 is 1. The lowest BCUT2D eigenvalue weighted by Gasteiger charge is -2.40. The largest absolute Gasteiger partial charge is 0.497 e. The van der Waals surface area contributed by atoms with Gasteiger partial charge in [-0.25, -0.2) is 4.79 Å². The highest BCUT2D eigenvalue weighted by molar-refractivity contribution is 5.85. The van der Waals surface area contributed by atoms with E-state index in [9.17, 15) is 4.79 Å². The van der Waals surface area contributed by atoms with Crippen molar-refractivity contribution in [3.05, 3.63) is 24.3 Å². The normalized spacial score (nSPS) is 22.6. The summed E-state index contributed by atoms with van der Waals surface area (Å²) in [5, 5.41) is 3.39. The number of benzene rings is 1. The quantitative estimate of drug-likeness (QED) is 0.843. The van der Waals surface area contributed by atoms with Crippen LogP contribution in [0, 0.1) is 0 Å². The molecule has 116 valence electrons. The zero-order chi connectivity index (χ0) is 15.3. The van der Waals surface area contributed by atoms with Gasteiger partial charge in [-0.1, -0.05) is 0 Å². The fourth-order valence-electron chi connectivity index (χ4n) is 2.81. The first-order valence-corrected chi connectivity index (χ1v) is 7.37. The molecule has 1 aromatic rings. The number of esters is 1. The lowest BCUT2D eigenvalue weighted by molar-refractivity contribution is -0.150. The summed E-state index contributed by atoms with van der Waals surface area (Å²) >= 11 is 0. The Morgan fingerprint density at radius 2 is 2.10 bits per heavy atom. The average molecular weight is 292 g/mol. The Kier molecular flexibility index (Phi) is 5.07. The van der Waals surface area contributed by atoms with Gasteiger partial charge >= 0.3 is 5.97 Å². The van der Waals surface area contributed by atoms with Crippen LogP contribution in [-0.2, 0) is 9.53 Å². The second-order valence-electron chi connectivity index (χ2n) is 5.50.